The molecule has 2 rings (SSSR count). The van der Waals surface area contributed by atoms with E-state index in [-0.39, 0.29) is 0 Å². The van der Waals surface area contributed by atoms with Gasteiger partial charge < -0.3 is 19.8 Å². The van der Waals surface area contributed by atoms with Crippen LogP contribution in [0.5, 0.6) is 11.5 Å². The van der Waals surface area contributed by atoms with Crippen molar-refractivity contribution >= 4 is 15.9 Å². The molecule has 0 unspecified atom stereocenters. The van der Waals surface area contributed by atoms with Gasteiger partial charge in [-0.3, -0.25) is 0 Å². The summed E-state index contributed by atoms with van der Waals surface area (Å²) in [6, 6.07) is 3.97. The largest absolute Gasteiger partial charge is 0.493 e. The van der Waals surface area contributed by atoms with Crippen molar-refractivity contribution in [2.24, 2.45) is 0 Å². The van der Waals surface area contributed by atoms with Crippen LogP contribution in [0, 0.1) is 0 Å². The van der Waals surface area contributed by atoms with Crippen LogP contribution in [0.1, 0.15) is 11.4 Å². The Labute approximate surface area is 120 Å². The Morgan fingerprint density at radius 3 is 2.74 bits per heavy atom. The summed E-state index contributed by atoms with van der Waals surface area (Å²) in [6.07, 6.45) is 3.55. The monoisotopic (exact) mass is 325 g/mol. The maximum atomic E-state index is 5.31. The van der Waals surface area contributed by atoms with Gasteiger partial charge >= 0.3 is 0 Å². The SMILES string of the molecule is COc1cc(CNCc2ncc[nH]2)cc(Br)c1OC. The summed E-state index contributed by atoms with van der Waals surface area (Å²) in [7, 11) is 3.25. The molecule has 0 aliphatic heterocycles. The average Bonchev–Trinajstić information content (AvgIpc) is 2.91. The molecule has 0 aliphatic carbocycles. The van der Waals surface area contributed by atoms with Crippen LogP contribution >= 0.6 is 15.9 Å². The number of halogens is 1. The Morgan fingerprint density at radius 1 is 1.26 bits per heavy atom. The zero-order valence-electron chi connectivity index (χ0n) is 10.9. The molecule has 0 spiro atoms. The molecule has 6 heteroatoms. The van der Waals surface area contributed by atoms with Crippen molar-refractivity contribution in [1.29, 1.82) is 0 Å². The molecular weight excluding hydrogens is 310 g/mol. The van der Waals surface area contributed by atoms with E-state index in [2.05, 4.69) is 31.2 Å². The summed E-state index contributed by atoms with van der Waals surface area (Å²) >= 11 is 3.48. The number of imidazole rings is 1. The second kappa shape index (κ2) is 6.58. The first kappa shape index (κ1) is 13.9. The van der Waals surface area contributed by atoms with E-state index in [0.717, 1.165) is 22.4 Å². The number of ether oxygens (including phenoxy) is 2. The molecule has 0 fully saturated rings. The van der Waals surface area contributed by atoms with E-state index < -0.39 is 0 Å². The van der Waals surface area contributed by atoms with Gasteiger partial charge in [0.05, 0.1) is 25.2 Å². The number of hydrogen-bond acceptors (Lipinski definition) is 4. The minimum atomic E-state index is 0.693. The molecule has 1 aromatic carbocycles. The molecule has 19 heavy (non-hydrogen) atoms. The first-order chi connectivity index (χ1) is 9.24. The minimum absolute atomic E-state index is 0.693. The number of aromatic nitrogens is 2. The highest BCUT2D eigenvalue weighted by Crippen LogP contribution is 2.36. The van der Waals surface area contributed by atoms with E-state index in [4.69, 9.17) is 9.47 Å². The molecule has 5 nitrogen and oxygen atoms in total. The van der Waals surface area contributed by atoms with E-state index in [1.54, 1.807) is 20.4 Å². The number of rotatable bonds is 6. The van der Waals surface area contributed by atoms with Crippen molar-refractivity contribution in [1.82, 2.24) is 15.3 Å². The molecule has 0 amide bonds. The number of aromatic amines is 1. The number of nitrogens with one attached hydrogen (secondary N) is 2. The first-order valence-electron chi connectivity index (χ1n) is 5.84. The fraction of sp³-hybridized carbons (Fsp3) is 0.308. The molecule has 1 aromatic heterocycles. The second-order valence-electron chi connectivity index (χ2n) is 3.95. The van der Waals surface area contributed by atoms with Gasteiger partial charge in [0.15, 0.2) is 11.5 Å². The van der Waals surface area contributed by atoms with E-state index in [1.165, 1.54) is 0 Å². The number of hydrogen-bond donors (Lipinski definition) is 2. The highest BCUT2D eigenvalue weighted by atomic mass is 79.9. The Bertz CT molecular complexity index is 529. The van der Waals surface area contributed by atoms with E-state index >= 15 is 0 Å². The number of benzene rings is 1. The van der Waals surface area contributed by atoms with Gasteiger partial charge in [-0.25, -0.2) is 4.98 Å². The molecule has 0 aliphatic rings. The summed E-state index contributed by atoms with van der Waals surface area (Å²) in [5, 5.41) is 3.31. The Morgan fingerprint density at radius 2 is 2.11 bits per heavy atom. The van der Waals surface area contributed by atoms with Crippen LogP contribution in [0.25, 0.3) is 0 Å². The lowest BCUT2D eigenvalue weighted by Crippen LogP contribution is -2.13. The molecule has 0 bridgehead atoms. The topological polar surface area (TPSA) is 59.2 Å². The van der Waals surface area contributed by atoms with E-state index in [1.807, 2.05) is 18.3 Å². The Balaban J connectivity index is 2.02. The smallest absolute Gasteiger partial charge is 0.174 e. The van der Waals surface area contributed by atoms with Gasteiger partial charge in [0.25, 0.3) is 0 Å². The van der Waals surface area contributed by atoms with Crippen molar-refractivity contribution in [3.05, 3.63) is 40.4 Å². The minimum Gasteiger partial charge on any atom is -0.493 e. The van der Waals surface area contributed by atoms with Crippen LogP contribution in [0.2, 0.25) is 0 Å². The second-order valence-corrected chi connectivity index (χ2v) is 4.81. The van der Waals surface area contributed by atoms with Crippen LogP contribution in [0.3, 0.4) is 0 Å². The van der Waals surface area contributed by atoms with Crippen LogP contribution < -0.4 is 14.8 Å². The summed E-state index contributed by atoms with van der Waals surface area (Å²) in [5.41, 5.74) is 1.11. The molecule has 0 radical (unpaired) electrons. The van der Waals surface area contributed by atoms with Crippen LogP contribution in [-0.2, 0) is 13.1 Å². The fourth-order valence-corrected chi connectivity index (χ4v) is 2.44. The molecular formula is C13H16BrN3O2. The third kappa shape index (κ3) is 3.48. The lowest BCUT2D eigenvalue weighted by Gasteiger charge is -2.12. The van der Waals surface area contributed by atoms with Crippen molar-refractivity contribution in [2.45, 2.75) is 13.1 Å². The van der Waals surface area contributed by atoms with Gasteiger partial charge in [-0.05, 0) is 33.6 Å². The van der Waals surface area contributed by atoms with Crippen molar-refractivity contribution in [3.63, 3.8) is 0 Å². The Kier molecular flexibility index (Phi) is 4.81. The van der Waals surface area contributed by atoms with Gasteiger partial charge in [-0.1, -0.05) is 0 Å². The zero-order valence-corrected chi connectivity index (χ0v) is 12.5. The number of methoxy groups -OCH3 is 2. The van der Waals surface area contributed by atoms with Crippen molar-refractivity contribution in [3.8, 4) is 11.5 Å². The summed E-state index contributed by atoms with van der Waals surface area (Å²) in [4.78, 5) is 7.20. The summed E-state index contributed by atoms with van der Waals surface area (Å²) in [5.74, 6) is 2.34. The van der Waals surface area contributed by atoms with Crippen LogP contribution in [0.15, 0.2) is 29.0 Å². The lowest BCUT2D eigenvalue weighted by molar-refractivity contribution is 0.352. The Hall–Kier alpha value is -1.53. The van der Waals surface area contributed by atoms with Crippen molar-refractivity contribution < 1.29 is 9.47 Å². The predicted octanol–water partition coefficient (Wildman–Crippen LogP) is 2.48. The summed E-state index contributed by atoms with van der Waals surface area (Å²) < 4.78 is 11.5. The molecule has 0 saturated carbocycles. The standard InChI is InChI=1S/C13H16BrN3O2/c1-18-11-6-9(5-10(14)13(11)19-2)7-15-8-12-16-3-4-17-12/h3-6,15H,7-8H2,1-2H3,(H,16,17). The lowest BCUT2D eigenvalue weighted by atomic mass is 10.2. The molecule has 2 N–H and O–H groups in total. The molecule has 0 saturated heterocycles. The maximum Gasteiger partial charge on any atom is 0.174 e. The number of H-pyrrole nitrogens is 1. The van der Waals surface area contributed by atoms with Gasteiger partial charge in [0.1, 0.15) is 5.82 Å². The number of nitrogens with zero attached hydrogens (tertiary/aromatic N) is 1. The molecule has 2 aromatic rings. The highest BCUT2D eigenvalue weighted by Gasteiger charge is 2.10. The molecule has 0 atom stereocenters. The zero-order chi connectivity index (χ0) is 13.7. The van der Waals surface area contributed by atoms with Crippen molar-refractivity contribution in [2.75, 3.05) is 14.2 Å². The fourth-order valence-electron chi connectivity index (χ4n) is 1.79. The quantitative estimate of drug-likeness (QED) is 0.856. The van der Waals surface area contributed by atoms with Crippen LogP contribution in [0.4, 0.5) is 0 Å². The molecule has 102 valence electrons. The van der Waals surface area contributed by atoms with Gasteiger partial charge in [0.2, 0.25) is 0 Å². The third-order valence-corrected chi connectivity index (χ3v) is 3.26. The highest BCUT2D eigenvalue weighted by molar-refractivity contribution is 9.10. The third-order valence-electron chi connectivity index (χ3n) is 2.67. The van der Waals surface area contributed by atoms with E-state index in [0.29, 0.717) is 18.0 Å². The van der Waals surface area contributed by atoms with Gasteiger partial charge in [0, 0.05) is 18.9 Å². The maximum absolute atomic E-state index is 5.31. The summed E-state index contributed by atoms with van der Waals surface area (Å²) in [6.45, 7) is 1.42. The average molecular weight is 326 g/mol. The normalized spacial score (nSPS) is 10.5. The molecule has 1 heterocycles. The van der Waals surface area contributed by atoms with Gasteiger partial charge in [-0.15, -0.1) is 0 Å². The first-order valence-corrected chi connectivity index (χ1v) is 6.63. The van der Waals surface area contributed by atoms with Crippen LogP contribution in [-0.4, -0.2) is 24.2 Å². The predicted molar refractivity (Wildman–Crippen MR) is 76.4 cm³/mol. The van der Waals surface area contributed by atoms with Gasteiger partial charge in [-0.2, -0.15) is 0 Å². The van der Waals surface area contributed by atoms with E-state index in [9.17, 15) is 0 Å².